The quantitative estimate of drug-likeness (QED) is 0.902. The molecule has 104 valence electrons. The zero-order valence-electron chi connectivity index (χ0n) is 11.8. The molecule has 0 amide bonds. The maximum absolute atomic E-state index is 6.16. The zero-order valence-corrected chi connectivity index (χ0v) is 11.8. The lowest BCUT2D eigenvalue weighted by Gasteiger charge is -2.56. The molecule has 2 N–H and O–H groups in total. The van der Waals surface area contributed by atoms with E-state index in [4.69, 9.17) is 10.3 Å². The van der Waals surface area contributed by atoms with Gasteiger partial charge < -0.3 is 10.3 Å². The van der Waals surface area contributed by atoms with Crippen LogP contribution in [0.15, 0.2) is 4.52 Å². The van der Waals surface area contributed by atoms with E-state index >= 15 is 0 Å². The number of nitrogens with two attached hydrogens (primary N) is 1. The maximum Gasteiger partial charge on any atom is 0.226 e. The van der Waals surface area contributed by atoms with Crippen LogP contribution in [0, 0.1) is 17.8 Å². The molecular formula is C16H24N2O. The summed E-state index contributed by atoms with van der Waals surface area (Å²) in [6.07, 6.45) is 10.5. The Kier molecular flexibility index (Phi) is 2.49. The van der Waals surface area contributed by atoms with Gasteiger partial charge in [0.2, 0.25) is 5.88 Å². The summed E-state index contributed by atoms with van der Waals surface area (Å²) in [6.45, 7) is 2.20. The summed E-state index contributed by atoms with van der Waals surface area (Å²) in [7, 11) is 0. The fourth-order valence-electron chi connectivity index (χ4n) is 5.73. The first-order valence-electron chi connectivity index (χ1n) is 7.94. The van der Waals surface area contributed by atoms with Crippen molar-refractivity contribution in [2.75, 3.05) is 5.73 Å². The van der Waals surface area contributed by atoms with Crippen LogP contribution >= 0.6 is 0 Å². The Balaban J connectivity index is 1.77. The molecule has 1 heterocycles. The van der Waals surface area contributed by atoms with Gasteiger partial charge in [-0.1, -0.05) is 18.5 Å². The lowest BCUT2D eigenvalue weighted by molar-refractivity contribution is -0.00535. The summed E-state index contributed by atoms with van der Waals surface area (Å²) in [4.78, 5) is 0. The summed E-state index contributed by atoms with van der Waals surface area (Å²) in [5.41, 5.74) is 8.95. The maximum atomic E-state index is 6.16. The minimum absolute atomic E-state index is 0.323. The Hall–Kier alpha value is -0.990. The SMILES string of the molecule is CCCc1noc(N)c1C12CC3CC(CC(C3)C1)C2. The number of hydrogen-bond acceptors (Lipinski definition) is 3. The van der Waals surface area contributed by atoms with Gasteiger partial charge in [-0.05, 0) is 62.7 Å². The summed E-state index contributed by atoms with van der Waals surface area (Å²) in [5, 5.41) is 4.26. The van der Waals surface area contributed by atoms with E-state index in [2.05, 4.69) is 12.1 Å². The molecule has 0 spiro atoms. The third-order valence-electron chi connectivity index (χ3n) is 5.84. The average Bonchev–Trinajstić information content (AvgIpc) is 2.70. The van der Waals surface area contributed by atoms with E-state index in [0.29, 0.717) is 11.3 Å². The number of anilines is 1. The summed E-state index contributed by atoms with van der Waals surface area (Å²) < 4.78 is 5.37. The van der Waals surface area contributed by atoms with Gasteiger partial charge in [0.05, 0.1) is 5.69 Å². The van der Waals surface area contributed by atoms with E-state index in [1.54, 1.807) is 0 Å². The lowest BCUT2D eigenvalue weighted by Crippen LogP contribution is -2.49. The van der Waals surface area contributed by atoms with E-state index in [0.717, 1.165) is 36.3 Å². The summed E-state index contributed by atoms with van der Waals surface area (Å²) >= 11 is 0. The summed E-state index contributed by atoms with van der Waals surface area (Å²) in [6, 6.07) is 0. The molecule has 4 fully saturated rings. The van der Waals surface area contributed by atoms with Crippen LogP contribution in [0.5, 0.6) is 0 Å². The first-order chi connectivity index (χ1) is 9.20. The van der Waals surface area contributed by atoms with Gasteiger partial charge in [-0.2, -0.15) is 0 Å². The predicted octanol–water partition coefficient (Wildman–Crippen LogP) is 3.68. The van der Waals surface area contributed by atoms with Gasteiger partial charge in [-0.15, -0.1) is 0 Å². The van der Waals surface area contributed by atoms with Crippen molar-refractivity contribution in [3.8, 4) is 0 Å². The highest BCUT2D eigenvalue weighted by Crippen LogP contribution is 2.62. The highest BCUT2D eigenvalue weighted by Gasteiger charge is 2.53. The van der Waals surface area contributed by atoms with Crippen molar-refractivity contribution < 1.29 is 4.52 Å². The molecular weight excluding hydrogens is 236 g/mol. The molecule has 3 nitrogen and oxygen atoms in total. The molecule has 4 aliphatic rings. The molecule has 0 aliphatic heterocycles. The van der Waals surface area contributed by atoms with Gasteiger partial charge in [-0.3, -0.25) is 0 Å². The van der Waals surface area contributed by atoms with Crippen LogP contribution < -0.4 is 5.73 Å². The number of rotatable bonds is 3. The molecule has 0 atom stereocenters. The molecule has 19 heavy (non-hydrogen) atoms. The first kappa shape index (κ1) is 11.8. The number of aromatic nitrogens is 1. The Morgan fingerprint density at radius 2 is 1.74 bits per heavy atom. The minimum atomic E-state index is 0.323. The van der Waals surface area contributed by atoms with Crippen molar-refractivity contribution in [2.45, 2.75) is 63.7 Å². The average molecular weight is 260 g/mol. The minimum Gasteiger partial charge on any atom is -0.367 e. The van der Waals surface area contributed by atoms with Crippen LogP contribution in [0.1, 0.15) is 63.1 Å². The fraction of sp³-hybridized carbons (Fsp3) is 0.812. The van der Waals surface area contributed by atoms with Gasteiger partial charge in [0.1, 0.15) is 0 Å². The van der Waals surface area contributed by atoms with Crippen LogP contribution in [0.4, 0.5) is 5.88 Å². The first-order valence-corrected chi connectivity index (χ1v) is 7.94. The second kappa shape index (κ2) is 4.00. The smallest absolute Gasteiger partial charge is 0.226 e. The molecule has 0 unspecified atom stereocenters. The fourth-order valence-corrected chi connectivity index (χ4v) is 5.73. The van der Waals surface area contributed by atoms with E-state index in [1.165, 1.54) is 44.1 Å². The predicted molar refractivity (Wildman–Crippen MR) is 74.8 cm³/mol. The Labute approximate surface area is 114 Å². The number of hydrogen-bond donors (Lipinski definition) is 1. The molecule has 5 rings (SSSR count). The van der Waals surface area contributed by atoms with E-state index in [1.807, 2.05) is 0 Å². The van der Waals surface area contributed by atoms with Crippen LogP contribution in [-0.2, 0) is 11.8 Å². The summed E-state index contributed by atoms with van der Waals surface area (Å²) in [5.74, 6) is 3.44. The van der Waals surface area contributed by atoms with Crippen LogP contribution in [0.3, 0.4) is 0 Å². The standard InChI is InChI=1S/C16H24N2O/c1-2-3-13-14(15(17)19-18-13)16-7-10-4-11(8-16)6-12(5-10)9-16/h10-12H,2-9,17H2,1H3. The zero-order chi connectivity index (χ0) is 13.0. The van der Waals surface area contributed by atoms with Crippen LogP contribution in [0.2, 0.25) is 0 Å². The van der Waals surface area contributed by atoms with Crippen molar-refractivity contribution in [3.63, 3.8) is 0 Å². The van der Waals surface area contributed by atoms with Crippen molar-refractivity contribution >= 4 is 5.88 Å². The van der Waals surface area contributed by atoms with Gasteiger partial charge in [-0.25, -0.2) is 0 Å². The molecule has 4 saturated carbocycles. The molecule has 1 aromatic heterocycles. The second-order valence-corrected chi connectivity index (χ2v) is 7.32. The number of aryl methyl sites for hydroxylation is 1. The largest absolute Gasteiger partial charge is 0.367 e. The topological polar surface area (TPSA) is 52.0 Å². The van der Waals surface area contributed by atoms with Crippen molar-refractivity contribution in [1.29, 1.82) is 0 Å². The normalized spacial score (nSPS) is 39.9. The Morgan fingerprint density at radius 3 is 2.26 bits per heavy atom. The molecule has 0 radical (unpaired) electrons. The van der Waals surface area contributed by atoms with E-state index < -0.39 is 0 Å². The van der Waals surface area contributed by atoms with E-state index in [-0.39, 0.29) is 0 Å². The molecule has 0 aromatic carbocycles. The highest BCUT2D eigenvalue weighted by atomic mass is 16.5. The molecule has 4 aliphatic carbocycles. The van der Waals surface area contributed by atoms with Gasteiger partial charge in [0.15, 0.2) is 0 Å². The molecule has 4 bridgehead atoms. The number of nitrogen functional groups attached to an aromatic ring is 1. The molecule has 0 saturated heterocycles. The highest BCUT2D eigenvalue weighted by molar-refractivity contribution is 5.47. The Bertz CT molecular complexity index is 456. The lowest BCUT2D eigenvalue weighted by atomic mass is 9.48. The third kappa shape index (κ3) is 1.66. The van der Waals surface area contributed by atoms with Crippen molar-refractivity contribution in [2.24, 2.45) is 17.8 Å². The van der Waals surface area contributed by atoms with Gasteiger partial charge in [0, 0.05) is 11.0 Å². The second-order valence-electron chi connectivity index (χ2n) is 7.32. The van der Waals surface area contributed by atoms with Gasteiger partial charge >= 0.3 is 0 Å². The third-order valence-corrected chi connectivity index (χ3v) is 5.84. The number of nitrogens with zero attached hydrogens (tertiary/aromatic N) is 1. The molecule has 3 heteroatoms. The monoisotopic (exact) mass is 260 g/mol. The van der Waals surface area contributed by atoms with Crippen LogP contribution in [0.25, 0.3) is 0 Å². The van der Waals surface area contributed by atoms with Crippen molar-refractivity contribution in [1.82, 2.24) is 5.16 Å². The van der Waals surface area contributed by atoms with Gasteiger partial charge in [0.25, 0.3) is 0 Å². The van der Waals surface area contributed by atoms with E-state index in [9.17, 15) is 0 Å². The van der Waals surface area contributed by atoms with Crippen molar-refractivity contribution in [3.05, 3.63) is 11.3 Å². The van der Waals surface area contributed by atoms with Crippen LogP contribution in [-0.4, -0.2) is 5.16 Å². The Morgan fingerprint density at radius 1 is 1.16 bits per heavy atom. The molecule has 1 aromatic rings.